The number of ether oxygens (including phenoxy) is 2. The summed E-state index contributed by atoms with van der Waals surface area (Å²) < 4.78 is 12.3. The van der Waals surface area contributed by atoms with Gasteiger partial charge in [0.1, 0.15) is 29.9 Å². The minimum atomic E-state index is -1.27. The lowest BCUT2D eigenvalue weighted by Gasteiger charge is -2.23. The number of carbonyl (C=O) groups excluding carboxylic acids is 5. The predicted octanol–water partition coefficient (Wildman–Crippen LogP) is 7.55. The minimum absolute atomic E-state index is 0.0126. The van der Waals surface area contributed by atoms with Gasteiger partial charge in [-0.3, -0.25) is 28.9 Å². The molecule has 1 atom stereocenters. The van der Waals surface area contributed by atoms with Gasteiger partial charge in [-0.1, -0.05) is 103 Å². The van der Waals surface area contributed by atoms with E-state index in [1.165, 1.54) is 25.2 Å². The molecular formula is C49H51N7O7. The van der Waals surface area contributed by atoms with Gasteiger partial charge in [-0.15, -0.1) is 0 Å². The summed E-state index contributed by atoms with van der Waals surface area (Å²) >= 11 is 0. The molecular weight excluding hydrogens is 799 g/mol. The molecule has 0 saturated heterocycles. The number of nitrogens with one attached hydrogen (secondary N) is 1. The Hall–Kier alpha value is -7.35. The molecule has 324 valence electrons. The van der Waals surface area contributed by atoms with Gasteiger partial charge in [-0.05, 0) is 67.3 Å². The molecule has 1 fully saturated rings. The van der Waals surface area contributed by atoms with Crippen molar-refractivity contribution >= 4 is 52.2 Å². The van der Waals surface area contributed by atoms with E-state index in [0.717, 1.165) is 64.0 Å². The molecule has 2 aromatic heterocycles. The summed E-state index contributed by atoms with van der Waals surface area (Å²) in [4.78, 5) is 71.4. The van der Waals surface area contributed by atoms with E-state index in [2.05, 4.69) is 85.3 Å². The van der Waals surface area contributed by atoms with E-state index in [1.54, 1.807) is 18.5 Å². The van der Waals surface area contributed by atoms with Gasteiger partial charge in [-0.25, -0.2) is 9.97 Å². The van der Waals surface area contributed by atoms with Crippen molar-refractivity contribution in [3.8, 4) is 22.4 Å². The van der Waals surface area contributed by atoms with Gasteiger partial charge < -0.3 is 30.8 Å². The number of imide groups is 1. The fourth-order valence-electron chi connectivity index (χ4n) is 8.27. The first-order valence-corrected chi connectivity index (χ1v) is 21.2. The third-order valence-corrected chi connectivity index (χ3v) is 11.3. The lowest BCUT2D eigenvalue weighted by atomic mass is 9.98. The monoisotopic (exact) mass is 849 g/mol. The summed E-state index contributed by atoms with van der Waals surface area (Å²) in [7, 11) is 1.21. The molecule has 1 unspecified atom stereocenters. The molecule has 14 nitrogen and oxygen atoms in total. The average molecular weight is 850 g/mol. The Morgan fingerprint density at radius 2 is 1.44 bits per heavy atom. The van der Waals surface area contributed by atoms with Crippen LogP contribution in [0.4, 0.5) is 11.5 Å². The Balaban J connectivity index is 0.000000191. The number of rotatable bonds is 15. The molecule has 6 aromatic rings. The highest BCUT2D eigenvalue weighted by Gasteiger charge is 2.43. The Bertz CT molecular complexity index is 2580. The molecule has 5 N–H and O–H groups in total. The topological polar surface area (TPSA) is 202 Å². The lowest BCUT2D eigenvalue weighted by molar-refractivity contribution is -0.150. The zero-order chi connectivity index (χ0) is 44.3. The first kappa shape index (κ1) is 43.7. The predicted molar refractivity (Wildman–Crippen MR) is 240 cm³/mol. The molecule has 3 amide bonds. The number of hydrogen-bond acceptors (Lipinski definition) is 11. The molecule has 14 heteroatoms. The molecule has 1 aliphatic heterocycles. The van der Waals surface area contributed by atoms with Crippen LogP contribution in [-0.2, 0) is 30.4 Å². The SMILES string of the molecule is COC(=O)CCC(C(N)=O)N1C(=O)c2cccc(NCCCC(=O)OC3CCCCC3)c2C1=O.Nc1ncnc2c1c(-c1ccccc1)c(-c1ccccc1)n2Cc1ccccc1. The summed E-state index contributed by atoms with van der Waals surface area (Å²) in [5, 5.41) is 4.00. The van der Waals surface area contributed by atoms with Crippen molar-refractivity contribution in [1.82, 2.24) is 19.4 Å². The maximum absolute atomic E-state index is 13.1. The Morgan fingerprint density at radius 1 is 0.778 bits per heavy atom. The first-order chi connectivity index (χ1) is 30.7. The van der Waals surface area contributed by atoms with Crippen LogP contribution in [0.2, 0.25) is 0 Å². The van der Waals surface area contributed by atoms with E-state index in [1.807, 2.05) is 30.3 Å². The second-order valence-electron chi connectivity index (χ2n) is 15.5. The van der Waals surface area contributed by atoms with Gasteiger partial charge in [0, 0.05) is 37.2 Å². The number of anilines is 2. The van der Waals surface area contributed by atoms with E-state index in [4.69, 9.17) is 16.2 Å². The van der Waals surface area contributed by atoms with Crippen LogP contribution in [-0.4, -0.2) is 74.9 Å². The van der Waals surface area contributed by atoms with E-state index in [-0.39, 0.29) is 42.5 Å². The highest BCUT2D eigenvalue weighted by molar-refractivity contribution is 6.25. The first-order valence-electron chi connectivity index (χ1n) is 21.2. The van der Waals surface area contributed by atoms with Crippen LogP contribution < -0.4 is 16.8 Å². The van der Waals surface area contributed by atoms with Gasteiger partial charge in [0.2, 0.25) is 5.91 Å². The molecule has 0 spiro atoms. The third kappa shape index (κ3) is 10.1. The van der Waals surface area contributed by atoms with Crippen LogP contribution in [0.15, 0.2) is 116 Å². The van der Waals surface area contributed by atoms with Crippen LogP contribution in [0.1, 0.15) is 84.1 Å². The second-order valence-corrected chi connectivity index (χ2v) is 15.5. The second kappa shape index (κ2) is 20.5. The van der Waals surface area contributed by atoms with Gasteiger partial charge in [0.15, 0.2) is 0 Å². The quantitative estimate of drug-likeness (QED) is 0.0523. The molecule has 1 saturated carbocycles. The van der Waals surface area contributed by atoms with Crippen LogP contribution in [0.25, 0.3) is 33.4 Å². The normalized spacial score (nSPS) is 14.1. The maximum atomic E-state index is 13.1. The lowest BCUT2D eigenvalue weighted by Crippen LogP contribution is -2.48. The Kier molecular flexibility index (Phi) is 14.2. The summed E-state index contributed by atoms with van der Waals surface area (Å²) in [5.41, 5.74) is 19.0. The number of nitrogens with zero attached hydrogens (tertiary/aromatic N) is 4. The van der Waals surface area contributed by atoms with E-state index < -0.39 is 29.7 Å². The van der Waals surface area contributed by atoms with Gasteiger partial charge in [-0.2, -0.15) is 0 Å². The van der Waals surface area contributed by atoms with Gasteiger partial charge in [0.25, 0.3) is 11.8 Å². The average Bonchev–Trinajstić information content (AvgIpc) is 3.77. The van der Waals surface area contributed by atoms with Crippen molar-refractivity contribution in [1.29, 1.82) is 0 Å². The zero-order valence-electron chi connectivity index (χ0n) is 35.2. The molecule has 1 aliphatic carbocycles. The summed E-state index contributed by atoms with van der Waals surface area (Å²) in [6.07, 6.45) is 7.18. The number of benzene rings is 4. The van der Waals surface area contributed by atoms with Crippen LogP contribution in [0.5, 0.6) is 0 Å². The van der Waals surface area contributed by atoms with E-state index in [0.29, 0.717) is 31.0 Å². The number of primary amides is 1. The van der Waals surface area contributed by atoms with E-state index in [9.17, 15) is 24.0 Å². The number of esters is 2. The molecule has 63 heavy (non-hydrogen) atoms. The zero-order valence-corrected chi connectivity index (χ0v) is 35.2. The maximum Gasteiger partial charge on any atom is 0.306 e. The number of amides is 3. The van der Waals surface area contributed by atoms with Crippen LogP contribution >= 0.6 is 0 Å². The Morgan fingerprint density at radius 3 is 2.11 bits per heavy atom. The number of hydrogen-bond donors (Lipinski definition) is 3. The van der Waals surface area contributed by atoms with Crippen molar-refractivity contribution in [2.24, 2.45) is 5.73 Å². The molecule has 8 rings (SSSR count). The third-order valence-electron chi connectivity index (χ3n) is 11.3. The summed E-state index contributed by atoms with van der Waals surface area (Å²) in [6.45, 7) is 1.09. The number of nitrogens with two attached hydrogens (primary N) is 2. The van der Waals surface area contributed by atoms with Crippen molar-refractivity contribution in [3.63, 3.8) is 0 Å². The van der Waals surface area contributed by atoms with Crippen LogP contribution in [0.3, 0.4) is 0 Å². The number of aromatic nitrogens is 3. The van der Waals surface area contributed by atoms with Crippen molar-refractivity contribution in [3.05, 3.63) is 132 Å². The summed E-state index contributed by atoms with van der Waals surface area (Å²) in [6, 6.07) is 34.7. The molecule has 2 aliphatic rings. The number of methoxy groups -OCH3 is 1. The highest BCUT2D eigenvalue weighted by atomic mass is 16.5. The van der Waals surface area contributed by atoms with Crippen molar-refractivity contribution < 1.29 is 33.4 Å². The molecule has 0 radical (unpaired) electrons. The highest BCUT2D eigenvalue weighted by Crippen LogP contribution is 2.42. The van der Waals surface area contributed by atoms with Gasteiger partial charge >= 0.3 is 11.9 Å². The molecule has 3 heterocycles. The van der Waals surface area contributed by atoms with Crippen LogP contribution in [0, 0.1) is 0 Å². The standard InChI is InChI=1S/C25H20N4.C24H31N3O7/c26-24-22-21(19-12-6-2-7-13-19)23(20-14-8-3-9-15-20)29(25(22)28-17-27-24)16-18-10-4-1-5-11-18;1-33-19(28)13-12-18(22(25)30)27-23(31)16-9-5-10-17(21(16)24(27)32)26-14-6-11-20(29)34-15-7-3-2-4-8-15/h1-15,17H,16H2,(H2,26,27,28);5,9-10,15,18,26H,2-4,6-8,11-14H2,1H3,(H2,25,30). The fourth-order valence-corrected chi connectivity index (χ4v) is 8.27. The van der Waals surface area contributed by atoms with E-state index >= 15 is 0 Å². The number of nitrogen functional groups attached to an aromatic ring is 1. The fraction of sp³-hybridized carbons (Fsp3) is 0.286. The molecule has 0 bridgehead atoms. The van der Waals surface area contributed by atoms with Crippen molar-refractivity contribution in [2.45, 2.75) is 76.5 Å². The summed E-state index contributed by atoms with van der Waals surface area (Å²) in [5.74, 6) is -2.50. The van der Waals surface area contributed by atoms with Crippen molar-refractivity contribution in [2.75, 3.05) is 24.7 Å². The van der Waals surface area contributed by atoms with Gasteiger partial charge in [0.05, 0.1) is 29.3 Å². The number of carbonyl (C=O) groups is 5. The molecule has 4 aromatic carbocycles. The number of fused-ring (bicyclic) bond motifs is 2. The largest absolute Gasteiger partial charge is 0.469 e. The minimum Gasteiger partial charge on any atom is -0.469 e. The Labute approximate surface area is 365 Å². The smallest absolute Gasteiger partial charge is 0.306 e.